The van der Waals surface area contributed by atoms with Crippen LogP contribution in [0.2, 0.25) is 0 Å². The number of methoxy groups -OCH3 is 1. The zero-order chi connectivity index (χ0) is 22.2. The van der Waals surface area contributed by atoms with Crippen LogP contribution in [0.15, 0.2) is 40.7 Å². The van der Waals surface area contributed by atoms with Crippen molar-refractivity contribution in [1.82, 2.24) is 20.1 Å². The highest BCUT2D eigenvalue weighted by atomic mass is 32.1. The van der Waals surface area contributed by atoms with Crippen LogP contribution < -0.4 is 10.2 Å². The number of benzene rings is 1. The van der Waals surface area contributed by atoms with Crippen LogP contribution in [0.1, 0.15) is 30.7 Å². The molecule has 0 saturated carbocycles. The Balaban J connectivity index is 1.45. The fraction of sp³-hybridized carbons (Fsp3) is 0.565. The van der Waals surface area contributed by atoms with Crippen molar-refractivity contribution >= 4 is 23.0 Å². The Labute approximate surface area is 190 Å². The Morgan fingerprint density at radius 1 is 1.23 bits per heavy atom. The molecule has 2 unspecified atom stereocenters. The van der Waals surface area contributed by atoms with E-state index in [-0.39, 0.29) is 6.10 Å². The first-order valence-electron chi connectivity index (χ1n) is 10.9. The summed E-state index contributed by atoms with van der Waals surface area (Å²) in [5.41, 5.74) is 2.36. The minimum atomic E-state index is 0.0321. The Bertz CT molecular complexity index is 818. The lowest BCUT2D eigenvalue weighted by Gasteiger charge is -2.39. The number of aromatic nitrogens is 1. The number of hydrogen-bond acceptors (Lipinski definition) is 6. The second-order valence-electron chi connectivity index (χ2n) is 8.05. The van der Waals surface area contributed by atoms with Crippen molar-refractivity contribution in [3.63, 3.8) is 0 Å². The van der Waals surface area contributed by atoms with Gasteiger partial charge in [0.15, 0.2) is 5.96 Å². The Hall–Kier alpha value is -2.16. The molecule has 1 fully saturated rings. The third-order valence-electron chi connectivity index (χ3n) is 5.86. The van der Waals surface area contributed by atoms with Gasteiger partial charge in [-0.15, -0.1) is 11.3 Å². The number of ether oxygens (including phenoxy) is 1. The second-order valence-corrected chi connectivity index (χ2v) is 8.94. The van der Waals surface area contributed by atoms with Gasteiger partial charge in [0.2, 0.25) is 0 Å². The minimum Gasteiger partial charge on any atom is -0.375 e. The van der Waals surface area contributed by atoms with Crippen LogP contribution in [0.5, 0.6) is 0 Å². The highest BCUT2D eigenvalue weighted by Crippen LogP contribution is 2.21. The van der Waals surface area contributed by atoms with Crippen molar-refractivity contribution in [2.45, 2.75) is 32.5 Å². The zero-order valence-corrected chi connectivity index (χ0v) is 20.2. The van der Waals surface area contributed by atoms with Gasteiger partial charge >= 0.3 is 0 Å². The molecule has 0 spiro atoms. The summed E-state index contributed by atoms with van der Waals surface area (Å²) < 4.78 is 5.37. The van der Waals surface area contributed by atoms with Crippen molar-refractivity contribution in [1.29, 1.82) is 0 Å². The summed E-state index contributed by atoms with van der Waals surface area (Å²) in [6.07, 6.45) is 0.0321. The van der Waals surface area contributed by atoms with Gasteiger partial charge in [0, 0.05) is 71.0 Å². The van der Waals surface area contributed by atoms with Gasteiger partial charge in [0.1, 0.15) is 11.1 Å². The molecule has 1 aromatic heterocycles. The Kier molecular flexibility index (Phi) is 8.69. The number of rotatable bonds is 8. The van der Waals surface area contributed by atoms with E-state index in [0.717, 1.165) is 55.9 Å². The smallest absolute Gasteiger partial charge is 0.193 e. The predicted molar refractivity (Wildman–Crippen MR) is 130 cm³/mol. The van der Waals surface area contributed by atoms with Crippen LogP contribution in [-0.4, -0.2) is 80.7 Å². The number of nitrogens with zero attached hydrogens (tertiary/aromatic N) is 5. The van der Waals surface area contributed by atoms with Gasteiger partial charge in [0.05, 0.1) is 12.2 Å². The molecule has 0 radical (unpaired) electrons. The van der Waals surface area contributed by atoms with Crippen molar-refractivity contribution in [3.8, 4) is 0 Å². The summed E-state index contributed by atoms with van der Waals surface area (Å²) in [6, 6.07) is 11.1. The first-order chi connectivity index (χ1) is 15.0. The lowest BCUT2D eigenvalue weighted by molar-refractivity contribution is 0.119. The van der Waals surface area contributed by atoms with Crippen molar-refractivity contribution < 1.29 is 4.74 Å². The molecule has 31 heavy (non-hydrogen) atoms. The van der Waals surface area contributed by atoms with Gasteiger partial charge in [-0.1, -0.05) is 18.2 Å². The van der Waals surface area contributed by atoms with E-state index in [1.54, 1.807) is 18.4 Å². The van der Waals surface area contributed by atoms with Crippen LogP contribution in [-0.2, 0) is 11.3 Å². The van der Waals surface area contributed by atoms with Crippen molar-refractivity contribution in [2.75, 3.05) is 58.8 Å². The number of nitrogens with one attached hydrogen (secondary N) is 1. The molecule has 1 saturated heterocycles. The maximum absolute atomic E-state index is 5.37. The van der Waals surface area contributed by atoms with Gasteiger partial charge in [-0.05, 0) is 26.0 Å². The number of para-hydroxylation sites is 1. The average molecular weight is 445 g/mol. The van der Waals surface area contributed by atoms with E-state index in [2.05, 4.69) is 74.7 Å². The maximum Gasteiger partial charge on any atom is 0.193 e. The molecule has 0 bridgehead atoms. The van der Waals surface area contributed by atoms with Crippen molar-refractivity contribution in [2.24, 2.45) is 4.99 Å². The summed E-state index contributed by atoms with van der Waals surface area (Å²) in [6.45, 7) is 10.2. The van der Waals surface area contributed by atoms with Crippen LogP contribution in [0.4, 0.5) is 5.69 Å². The van der Waals surface area contributed by atoms with E-state index in [9.17, 15) is 0 Å². The number of guanidine groups is 1. The molecule has 3 rings (SSSR count). The number of piperazine rings is 1. The summed E-state index contributed by atoms with van der Waals surface area (Å²) in [5.74, 6) is 0.893. The lowest BCUT2D eigenvalue weighted by Crippen LogP contribution is -2.53. The van der Waals surface area contributed by atoms with E-state index in [4.69, 9.17) is 9.72 Å². The second kappa shape index (κ2) is 11.5. The summed E-state index contributed by atoms with van der Waals surface area (Å²) >= 11 is 1.65. The van der Waals surface area contributed by atoms with E-state index in [1.807, 2.05) is 14.0 Å². The van der Waals surface area contributed by atoms with Crippen LogP contribution in [0.3, 0.4) is 0 Å². The molecular formula is C23H36N6OS. The summed E-state index contributed by atoms with van der Waals surface area (Å²) in [4.78, 5) is 16.3. The Morgan fingerprint density at radius 3 is 2.58 bits per heavy atom. The quantitative estimate of drug-likeness (QED) is 0.499. The molecule has 1 aliphatic heterocycles. The SMILES string of the molecule is CN=C(NCC(C)N1CCN(c2ccccc2)CC1)N(C)Cc1csc(C(C)OC)n1. The number of thiazole rings is 1. The van der Waals surface area contributed by atoms with E-state index in [0.29, 0.717) is 6.04 Å². The molecule has 2 heterocycles. The topological polar surface area (TPSA) is 56.2 Å². The third-order valence-corrected chi connectivity index (χ3v) is 6.91. The lowest BCUT2D eigenvalue weighted by atomic mass is 10.2. The van der Waals surface area contributed by atoms with Gasteiger partial charge in [-0.2, -0.15) is 0 Å². The summed E-state index contributed by atoms with van der Waals surface area (Å²) in [7, 11) is 5.60. The molecule has 1 N–H and O–H groups in total. The third kappa shape index (κ3) is 6.41. The maximum atomic E-state index is 5.37. The van der Waals surface area contributed by atoms with Gasteiger partial charge in [-0.25, -0.2) is 4.98 Å². The van der Waals surface area contributed by atoms with Crippen LogP contribution in [0, 0.1) is 0 Å². The number of aliphatic imine (C=N–C) groups is 1. The minimum absolute atomic E-state index is 0.0321. The van der Waals surface area contributed by atoms with Crippen LogP contribution in [0.25, 0.3) is 0 Å². The van der Waals surface area contributed by atoms with E-state index >= 15 is 0 Å². The fourth-order valence-electron chi connectivity index (χ4n) is 3.81. The highest BCUT2D eigenvalue weighted by Gasteiger charge is 2.22. The first kappa shape index (κ1) is 23.5. The zero-order valence-electron chi connectivity index (χ0n) is 19.4. The molecule has 7 nitrogen and oxygen atoms in total. The number of hydrogen-bond donors (Lipinski definition) is 1. The molecular weight excluding hydrogens is 408 g/mol. The predicted octanol–water partition coefficient (Wildman–Crippen LogP) is 3.07. The molecule has 170 valence electrons. The average Bonchev–Trinajstić information content (AvgIpc) is 3.28. The molecule has 1 aliphatic rings. The Morgan fingerprint density at radius 2 is 1.94 bits per heavy atom. The molecule has 8 heteroatoms. The van der Waals surface area contributed by atoms with E-state index < -0.39 is 0 Å². The fourth-order valence-corrected chi connectivity index (χ4v) is 4.66. The van der Waals surface area contributed by atoms with Gasteiger partial charge < -0.3 is 19.9 Å². The first-order valence-corrected chi connectivity index (χ1v) is 11.8. The molecule has 1 aromatic carbocycles. The van der Waals surface area contributed by atoms with Crippen LogP contribution >= 0.6 is 11.3 Å². The standard InChI is InChI=1S/C23H36N6OS/c1-18(28-11-13-29(14-12-28)21-9-7-6-8-10-21)15-25-23(24-3)27(4)16-20-17-31-22(26-20)19(2)30-5/h6-10,17-19H,11-16H2,1-5H3,(H,24,25). The molecule has 0 aliphatic carbocycles. The normalized spacial score (nSPS) is 17.5. The number of anilines is 1. The molecule has 2 atom stereocenters. The monoisotopic (exact) mass is 444 g/mol. The molecule has 0 amide bonds. The van der Waals surface area contributed by atoms with Crippen molar-refractivity contribution in [3.05, 3.63) is 46.4 Å². The highest BCUT2D eigenvalue weighted by molar-refractivity contribution is 7.09. The van der Waals surface area contributed by atoms with E-state index in [1.165, 1.54) is 5.69 Å². The molecule has 2 aromatic rings. The largest absolute Gasteiger partial charge is 0.375 e. The van der Waals surface area contributed by atoms with Gasteiger partial charge in [-0.3, -0.25) is 9.89 Å². The summed E-state index contributed by atoms with van der Waals surface area (Å²) in [5, 5.41) is 6.65. The van der Waals surface area contributed by atoms with Gasteiger partial charge in [0.25, 0.3) is 0 Å².